The van der Waals surface area contributed by atoms with E-state index in [1.165, 1.54) is 6.26 Å². The number of amides is 1. The molecular formula is C35H38N4O7. The molecule has 46 heavy (non-hydrogen) atoms. The highest BCUT2D eigenvalue weighted by molar-refractivity contribution is 5.89. The van der Waals surface area contributed by atoms with E-state index in [1.54, 1.807) is 20.8 Å². The minimum Gasteiger partial charge on any atom is -0.469 e. The SMILES string of the molecule is CC(O)c1coc(-c2nc3oc2C24c5ccccc5N[C@H]2Oc2ccc(cc24)CC(CC(=O)[C@@H](O)C(C)C)C(=O)N[C@H]3C(C)C)n1. The van der Waals surface area contributed by atoms with Crippen molar-refractivity contribution in [2.75, 3.05) is 5.32 Å². The highest BCUT2D eigenvalue weighted by Crippen LogP contribution is 2.59. The Hall–Kier alpha value is -4.48. The number of rotatable bonds is 7. The summed E-state index contributed by atoms with van der Waals surface area (Å²) in [6, 6.07) is 13.0. The molecule has 11 nitrogen and oxygen atoms in total. The number of aromatic nitrogens is 2. The molecular weight excluding hydrogens is 588 g/mol. The lowest BCUT2D eigenvalue weighted by Gasteiger charge is -2.28. The second-order valence-corrected chi connectivity index (χ2v) is 13.3. The van der Waals surface area contributed by atoms with Crippen molar-refractivity contribution in [2.45, 2.75) is 77.4 Å². The minimum absolute atomic E-state index is 0.123. The first-order valence-electron chi connectivity index (χ1n) is 15.8. The zero-order valence-electron chi connectivity index (χ0n) is 26.4. The van der Waals surface area contributed by atoms with Crippen LogP contribution in [0.2, 0.25) is 0 Å². The molecule has 4 aromatic rings. The molecule has 5 heterocycles. The lowest BCUT2D eigenvalue weighted by molar-refractivity contribution is -0.135. The van der Waals surface area contributed by atoms with Crippen molar-refractivity contribution in [2.24, 2.45) is 17.8 Å². The molecule has 3 unspecified atom stereocenters. The second-order valence-electron chi connectivity index (χ2n) is 13.3. The Balaban J connectivity index is 1.48. The first-order chi connectivity index (χ1) is 22.0. The fourth-order valence-corrected chi connectivity index (χ4v) is 6.88. The fraction of sp³-hybridized carbons (Fsp3) is 0.429. The van der Waals surface area contributed by atoms with Gasteiger partial charge in [0.2, 0.25) is 17.7 Å². The Labute approximate surface area is 266 Å². The fourth-order valence-electron chi connectivity index (χ4n) is 6.88. The number of fused-ring (bicyclic) bond motifs is 4. The van der Waals surface area contributed by atoms with Gasteiger partial charge in [0.1, 0.15) is 35.3 Å². The maximum absolute atomic E-state index is 14.0. The molecule has 2 aromatic carbocycles. The molecule has 4 N–H and O–H groups in total. The van der Waals surface area contributed by atoms with E-state index in [0.717, 1.165) is 22.4 Å². The number of ketones is 1. The molecule has 0 radical (unpaired) electrons. The van der Waals surface area contributed by atoms with E-state index >= 15 is 0 Å². The van der Waals surface area contributed by atoms with Crippen LogP contribution < -0.4 is 15.4 Å². The predicted octanol–water partition coefficient (Wildman–Crippen LogP) is 4.82. The van der Waals surface area contributed by atoms with Gasteiger partial charge in [-0.05, 0) is 48.4 Å². The van der Waals surface area contributed by atoms with Crippen LogP contribution in [0.4, 0.5) is 5.69 Å². The van der Waals surface area contributed by atoms with Gasteiger partial charge < -0.3 is 34.4 Å². The summed E-state index contributed by atoms with van der Waals surface area (Å²) in [7, 11) is 0. The van der Waals surface area contributed by atoms with Crippen LogP contribution in [0.1, 0.15) is 87.2 Å². The van der Waals surface area contributed by atoms with E-state index < -0.39 is 35.8 Å². The Morgan fingerprint density at radius 3 is 2.54 bits per heavy atom. The number of nitrogens with zero attached hydrogens (tertiary/aromatic N) is 2. The lowest BCUT2D eigenvalue weighted by atomic mass is 9.72. The zero-order valence-corrected chi connectivity index (χ0v) is 26.4. The molecule has 2 aromatic heterocycles. The number of hydrogen-bond acceptors (Lipinski definition) is 10. The third-order valence-electron chi connectivity index (χ3n) is 9.39. The summed E-state index contributed by atoms with van der Waals surface area (Å²) >= 11 is 0. The van der Waals surface area contributed by atoms with Gasteiger partial charge in [-0.3, -0.25) is 9.59 Å². The number of hydrogen-bond donors (Lipinski definition) is 4. The molecule has 6 atom stereocenters. The summed E-state index contributed by atoms with van der Waals surface area (Å²) in [5.41, 5.74) is 3.08. The maximum Gasteiger partial charge on any atom is 0.249 e. The van der Waals surface area contributed by atoms with Gasteiger partial charge in [-0.1, -0.05) is 58.0 Å². The highest BCUT2D eigenvalue weighted by atomic mass is 16.5. The van der Waals surface area contributed by atoms with Gasteiger partial charge >= 0.3 is 0 Å². The first kappa shape index (κ1) is 30.2. The summed E-state index contributed by atoms with van der Waals surface area (Å²) in [4.78, 5) is 36.7. The minimum atomic E-state index is -1.17. The Morgan fingerprint density at radius 1 is 1.04 bits per heavy atom. The first-order valence-corrected chi connectivity index (χ1v) is 15.8. The van der Waals surface area contributed by atoms with Crippen molar-refractivity contribution < 1.29 is 33.4 Å². The number of ether oxygens (including phenoxy) is 1. The van der Waals surface area contributed by atoms with Gasteiger partial charge in [0.25, 0.3) is 0 Å². The predicted molar refractivity (Wildman–Crippen MR) is 167 cm³/mol. The van der Waals surface area contributed by atoms with Crippen molar-refractivity contribution in [1.29, 1.82) is 0 Å². The van der Waals surface area contributed by atoms with E-state index in [-0.39, 0.29) is 48.1 Å². The smallest absolute Gasteiger partial charge is 0.249 e. The average molecular weight is 627 g/mol. The summed E-state index contributed by atoms with van der Waals surface area (Å²) in [6.07, 6.45) is -1.09. The average Bonchev–Trinajstić information content (AvgIpc) is 3.79. The topological polar surface area (TPSA) is 160 Å². The van der Waals surface area contributed by atoms with Crippen LogP contribution in [-0.2, 0) is 21.4 Å². The molecule has 11 heteroatoms. The largest absolute Gasteiger partial charge is 0.469 e. The Morgan fingerprint density at radius 2 is 1.83 bits per heavy atom. The number of carbonyl (C=O) groups excluding carboxylic acids is 2. The number of oxazole rings is 2. The van der Waals surface area contributed by atoms with Crippen LogP contribution in [0, 0.1) is 17.8 Å². The maximum atomic E-state index is 14.0. The number of benzene rings is 2. The van der Waals surface area contributed by atoms with Gasteiger partial charge in [-0.2, -0.15) is 0 Å². The summed E-state index contributed by atoms with van der Waals surface area (Å²) in [5.74, 6) is -0.408. The van der Waals surface area contributed by atoms with Crippen molar-refractivity contribution in [1.82, 2.24) is 15.3 Å². The molecule has 0 saturated carbocycles. The number of aliphatic hydroxyl groups excluding tert-OH is 2. The number of Topliss-reactive ketones (excluding diaryl/α,β-unsaturated/α-hetero) is 1. The normalized spacial score (nSPS) is 24.3. The molecule has 0 aliphatic carbocycles. The molecule has 7 rings (SSSR count). The number of aliphatic hydroxyl groups is 2. The molecule has 240 valence electrons. The molecule has 0 fully saturated rings. The van der Waals surface area contributed by atoms with E-state index in [2.05, 4.69) is 15.6 Å². The summed E-state index contributed by atoms with van der Waals surface area (Å²) < 4.78 is 19.3. The highest BCUT2D eigenvalue weighted by Gasteiger charge is 2.61. The van der Waals surface area contributed by atoms with E-state index in [9.17, 15) is 19.8 Å². The summed E-state index contributed by atoms with van der Waals surface area (Å²) in [5, 5.41) is 27.4. The third-order valence-corrected chi connectivity index (χ3v) is 9.39. The van der Waals surface area contributed by atoms with Gasteiger partial charge in [0.05, 0.1) is 6.10 Å². The molecule has 0 saturated heterocycles. The van der Waals surface area contributed by atoms with Gasteiger partial charge in [-0.25, -0.2) is 9.97 Å². The third kappa shape index (κ3) is 4.63. The molecule has 3 aliphatic rings. The van der Waals surface area contributed by atoms with Crippen LogP contribution in [0.15, 0.2) is 57.6 Å². The molecule has 3 aliphatic heterocycles. The van der Waals surface area contributed by atoms with Gasteiger partial charge in [0, 0.05) is 23.6 Å². The van der Waals surface area contributed by atoms with Crippen LogP contribution in [-0.4, -0.2) is 44.2 Å². The molecule has 4 bridgehead atoms. The Bertz CT molecular complexity index is 1820. The zero-order chi connectivity index (χ0) is 32.5. The number of anilines is 1. The van der Waals surface area contributed by atoms with Gasteiger partial charge in [-0.15, -0.1) is 0 Å². The summed E-state index contributed by atoms with van der Waals surface area (Å²) in [6.45, 7) is 9.06. The van der Waals surface area contributed by atoms with Crippen molar-refractivity contribution in [3.8, 4) is 17.3 Å². The van der Waals surface area contributed by atoms with E-state index in [1.807, 2.05) is 56.3 Å². The van der Waals surface area contributed by atoms with Crippen molar-refractivity contribution in [3.05, 3.63) is 82.8 Å². The second kappa shape index (κ2) is 11.1. The van der Waals surface area contributed by atoms with Crippen molar-refractivity contribution in [3.63, 3.8) is 0 Å². The standard InChI is InChI=1S/C35H38N4O7/c1-16(2)27-33-39-28(32-36-24(15-44-32)18(5)40)30(46-33)35-21-8-6-7-9-23(21)37-34(35)45-26-11-10-19(13-22(26)35)12-20(31(43)38-27)14-25(41)29(42)17(3)4/h6-11,13,15-18,20,27,29,34,37,40,42H,12,14H2,1-5H3,(H,38,43)/t18?,20?,27-,29-,34-,35?/m0/s1. The monoisotopic (exact) mass is 626 g/mol. The molecule has 1 spiro atoms. The van der Waals surface area contributed by atoms with Crippen molar-refractivity contribution >= 4 is 17.4 Å². The van der Waals surface area contributed by atoms with Crippen LogP contribution >= 0.6 is 0 Å². The number of para-hydroxylation sites is 1. The van der Waals surface area contributed by atoms with Gasteiger partial charge in [0.15, 0.2) is 23.5 Å². The number of nitrogens with one attached hydrogen (secondary N) is 2. The van der Waals surface area contributed by atoms with Crippen LogP contribution in [0.3, 0.4) is 0 Å². The number of carbonyl (C=O) groups is 2. The molecule has 1 amide bonds. The quantitative estimate of drug-likeness (QED) is 0.224. The van der Waals surface area contributed by atoms with Crippen LogP contribution in [0.5, 0.6) is 5.75 Å². The lowest BCUT2D eigenvalue weighted by Crippen LogP contribution is -2.41. The van der Waals surface area contributed by atoms with E-state index in [4.69, 9.17) is 18.6 Å². The Kier molecular flexibility index (Phi) is 7.28. The van der Waals surface area contributed by atoms with Crippen LogP contribution in [0.25, 0.3) is 11.6 Å². The van der Waals surface area contributed by atoms with E-state index in [0.29, 0.717) is 22.9 Å².